The Kier molecular flexibility index (Phi) is 6.57. The standard InChI is InChI=1S/C22H25ClN4O3S/c1-13-12-31-20(22(30)25-17-9-6-15(23)11-24-17)19(13)26-21(29)14-4-7-16(8-5-14)27-10-2-3-18(27)28/h6,9,11-12,14,16H,2-5,7-8,10H2,1H3,(H,26,29)(H,24,25,30). The van der Waals surface area contributed by atoms with Gasteiger partial charge in [0.05, 0.1) is 10.7 Å². The minimum Gasteiger partial charge on any atom is -0.340 e. The van der Waals surface area contributed by atoms with Gasteiger partial charge in [-0.05, 0) is 62.1 Å². The minimum atomic E-state index is -0.320. The van der Waals surface area contributed by atoms with Gasteiger partial charge < -0.3 is 15.5 Å². The number of nitrogens with one attached hydrogen (secondary N) is 2. The van der Waals surface area contributed by atoms with Crippen molar-refractivity contribution in [2.75, 3.05) is 17.2 Å². The lowest BCUT2D eigenvalue weighted by Crippen LogP contribution is -2.40. The van der Waals surface area contributed by atoms with Crippen LogP contribution in [-0.4, -0.2) is 40.2 Å². The SMILES string of the molecule is Cc1csc(C(=O)Nc2ccc(Cl)cn2)c1NC(=O)C1CCC(N2CCCC2=O)CC1. The Labute approximate surface area is 190 Å². The third kappa shape index (κ3) is 4.91. The van der Waals surface area contributed by atoms with E-state index in [-0.39, 0.29) is 29.7 Å². The van der Waals surface area contributed by atoms with Crippen molar-refractivity contribution in [2.24, 2.45) is 5.92 Å². The molecule has 2 aromatic heterocycles. The Bertz CT molecular complexity index is 983. The number of aryl methyl sites for hydroxylation is 1. The molecule has 0 spiro atoms. The van der Waals surface area contributed by atoms with Crippen molar-refractivity contribution in [1.29, 1.82) is 0 Å². The largest absolute Gasteiger partial charge is 0.340 e. The zero-order valence-corrected chi connectivity index (χ0v) is 18.9. The van der Waals surface area contributed by atoms with E-state index in [0.29, 0.717) is 27.8 Å². The van der Waals surface area contributed by atoms with Gasteiger partial charge in [-0.3, -0.25) is 14.4 Å². The molecule has 9 heteroatoms. The van der Waals surface area contributed by atoms with E-state index in [1.54, 1.807) is 12.1 Å². The molecule has 1 aliphatic carbocycles. The maximum Gasteiger partial charge on any atom is 0.269 e. The smallest absolute Gasteiger partial charge is 0.269 e. The summed E-state index contributed by atoms with van der Waals surface area (Å²) in [6.07, 6.45) is 6.25. The average Bonchev–Trinajstić information content (AvgIpc) is 3.35. The van der Waals surface area contributed by atoms with Crippen LogP contribution in [0.15, 0.2) is 23.7 Å². The molecule has 0 aromatic carbocycles. The highest BCUT2D eigenvalue weighted by Crippen LogP contribution is 2.33. The van der Waals surface area contributed by atoms with Crippen LogP contribution in [0.3, 0.4) is 0 Å². The fourth-order valence-electron chi connectivity index (χ4n) is 4.32. The first-order chi connectivity index (χ1) is 14.9. The van der Waals surface area contributed by atoms with Crippen LogP contribution in [0.2, 0.25) is 5.02 Å². The molecule has 0 atom stereocenters. The minimum absolute atomic E-state index is 0.0635. The van der Waals surface area contributed by atoms with E-state index in [4.69, 9.17) is 11.6 Å². The molecule has 31 heavy (non-hydrogen) atoms. The molecule has 4 rings (SSSR count). The first-order valence-electron chi connectivity index (χ1n) is 10.5. The maximum absolute atomic E-state index is 12.9. The van der Waals surface area contributed by atoms with Gasteiger partial charge >= 0.3 is 0 Å². The molecular weight excluding hydrogens is 436 g/mol. The van der Waals surface area contributed by atoms with Gasteiger partial charge in [-0.1, -0.05) is 11.6 Å². The number of aromatic nitrogens is 1. The van der Waals surface area contributed by atoms with Gasteiger partial charge in [0.1, 0.15) is 10.7 Å². The number of carbonyl (C=O) groups excluding carboxylic acids is 3. The molecule has 1 aliphatic heterocycles. The van der Waals surface area contributed by atoms with E-state index < -0.39 is 0 Å². The fourth-order valence-corrected chi connectivity index (χ4v) is 5.33. The number of hydrogen-bond acceptors (Lipinski definition) is 5. The first-order valence-corrected chi connectivity index (χ1v) is 11.8. The summed E-state index contributed by atoms with van der Waals surface area (Å²) in [5.74, 6) is 0.146. The van der Waals surface area contributed by atoms with Crippen molar-refractivity contribution in [3.63, 3.8) is 0 Å². The number of nitrogens with zero attached hydrogens (tertiary/aromatic N) is 2. The molecule has 2 N–H and O–H groups in total. The second-order valence-corrected chi connectivity index (χ2v) is 9.44. The zero-order chi connectivity index (χ0) is 22.0. The maximum atomic E-state index is 12.9. The molecule has 0 radical (unpaired) electrons. The molecule has 164 valence electrons. The van der Waals surface area contributed by atoms with Gasteiger partial charge in [0.25, 0.3) is 5.91 Å². The number of likely N-dealkylation sites (tertiary alicyclic amines) is 1. The molecule has 7 nitrogen and oxygen atoms in total. The van der Waals surface area contributed by atoms with E-state index in [9.17, 15) is 14.4 Å². The second-order valence-electron chi connectivity index (χ2n) is 8.12. The monoisotopic (exact) mass is 460 g/mol. The van der Waals surface area contributed by atoms with Crippen LogP contribution in [0, 0.1) is 12.8 Å². The van der Waals surface area contributed by atoms with E-state index in [1.807, 2.05) is 17.2 Å². The fraction of sp³-hybridized carbons (Fsp3) is 0.455. The van der Waals surface area contributed by atoms with E-state index in [1.165, 1.54) is 17.5 Å². The third-order valence-corrected chi connectivity index (χ3v) is 7.34. The summed E-state index contributed by atoms with van der Waals surface area (Å²) >= 11 is 7.13. The molecular formula is C22H25ClN4O3S. The van der Waals surface area contributed by atoms with Crippen molar-refractivity contribution in [3.05, 3.63) is 39.2 Å². The number of halogens is 1. The Balaban J connectivity index is 1.37. The second kappa shape index (κ2) is 9.36. The van der Waals surface area contributed by atoms with Gasteiger partial charge in [0, 0.05) is 31.1 Å². The van der Waals surface area contributed by atoms with Crippen LogP contribution in [0.25, 0.3) is 0 Å². The van der Waals surface area contributed by atoms with E-state index in [2.05, 4.69) is 15.6 Å². The number of carbonyl (C=O) groups is 3. The molecule has 0 unspecified atom stereocenters. The lowest BCUT2D eigenvalue weighted by atomic mass is 9.84. The van der Waals surface area contributed by atoms with Crippen LogP contribution in [0.4, 0.5) is 11.5 Å². The molecule has 2 aromatic rings. The highest BCUT2D eigenvalue weighted by molar-refractivity contribution is 7.13. The van der Waals surface area contributed by atoms with E-state index in [0.717, 1.165) is 44.2 Å². The summed E-state index contributed by atoms with van der Waals surface area (Å²) in [6.45, 7) is 2.72. The first kappa shape index (κ1) is 21.8. The molecule has 1 saturated heterocycles. The van der Waals surface area contributed by atoms with Crippen LogP contribution in [0.5, 0.6) is 0 Å². The summed E-state index contributed by atoms with van der Waals surface area (Å²) < 4.78 is 0. The lowest BCUT2D eigenvalue weighted by molar-refractivity contribution is -0.130. The summed E-state index contributed by atoms with van der Waals surface area (Å²) in [7, 11) is 0. The van der Waals surface area contributed by atoms with Crippen LogP contribution < -0.4 is 10.6 Å². The molecule has 2 aliphatic rings. The van der Waals surface area contributed by atoms with E-state index >= 15 is 0 Å². The third-order valence-electron chi connectivity index (χ3n) is 6.02. The summed E-state index contributed by atoms with van der Waals surface area (Å²) in [5.41, 5.74) is 1.40. The number of thiophene rings is 1. The lowest BCUT2D eigenvalue weighted by Gasteiger charge is -2.34. The average molecular weight is 461 g/mol. The Morgan fingerprint density at radius 1 is 1.19 bits per heavy atom. The van der Waals surface area contributed by atoms with Crippen molar-refractivity contribution < 1.29 is 14.4 Å². The number of pyridine rings is 1. The normalized spacial score (nSPS) is 21.2. The van der Waals surface area contributed by atoms with Crippen molar-refractivity contribution in [2.45, 2.75) is 51.5 Å². The predicted octanol–water partition coefficient (Wildman–Crippen LogP) is 4.48. The number of amides is 3. The highest BCUT2D eigenvalue weighted by Gasteiger charge is 2.34. The van der Waals surface area contributed by atoms with Crippen LogP contribution in [0.1, 0.15) is 53.8 Å². The van der Waals surface area contributed by atoms with Crippen LogP contribution >= 0.6 is 22.9 Å². The van der Waals surface area contributed by atoms with Gasteiger partial charge in [0.2, 0.25) is 11.8 Å². The Morgan fingerprint density at radius 2 is 1.97 bits per heavy atom. The Hall–Kier alpha value is -2.45. The molecule has 1 saturated carbocycles. The van der Waals surface area contributed by atoms with Crippen LogP contribution in [-0.2, 0) is 9.59 Å². The molecule has 3 amide bonds. The molecule has 3 heterocycles. The summed E-state index contributed by atoms with van der Waals surface area (Å²) in [6, 6.07) is 3.54. The van der Waals surface area contributed by atoms with Gasteiger partial charge in [-0.2, -0.15) is 0 Å². The predicted molar refractivity (Wildman–Crippen MR) is 122 cm³/mol. The van der Waals surface area contributed by atoms with Crippen molar-refractivity contribution >= 4 is 52.2 Å². The topological polar surface area (TPSA) is 91.4 Å². The van der Waals surface area contributed by atoms with Gasteiger partial charge in [0.15, 0.2) is 0 Å². The number of anilines is 2. The van der Waals surface area contributed by atoms with Crippen molar-refractivity contribution in [1.82, 2.24) is 9.88 Å². The number of hydrogen-bond donors (Lipinski definition) is 2. The van der Waals surface area contributed by atoms with Gasteiger partial charge in [-0.25, -0.2) is 4.98 Å². The molecule has 2 fully saturated rings. The quantitative estimate of drug-likeness (QED) is 0.688. The Morgan fingerprint density at radius 3 is 2.61 bits per heavy atom. The summed E-state index contributed by atoms with van der Waals surface area (Å²) in [4.78, 5) is 44.2. The van der Waals surface area contributed by atoms with Gasteiger partial charge in [-0.15, -0.1) is 11.3 Å². The molecule has 0 bridgehead atoms. The zero-order valence-electron chi connectivity index (χ0n) is 17.3. The highest BCUT2D eigenvalue weighted by atomic mass is 35.5. The van der Waals surface area contributed by atoms with Crippen molar-refractivity contribution in [3.8, 4) is 0 Å². The number of rotatable bonds is 5. The summed E-state index contributed by atoms with van der Waals surface area (Å²) in [5, 5.41) is 8.08.